The van der Waals surface area contributed by atoms with E-state index in [2.05, 4.69) is 10.2 Å². The average Bonchev–Trinajstić information content (AvgIpc) is 2.80. The molecule has 6 nitrogen and oxygen atoms in total. The number of nitrogens with two attached hydrogens (primary N) is 1. The summed E-state index contributed by atoms with van der Waals surface area (Å²) < 4.78 is 28.1. The zero-order valence-corrected chi connectivity index (χ0v) is 13.4. The van der Waals surface area contributed by atoms with Gasteiger partial charge in [0.1, 0.15) is 12.4 Å². The zero-order valence-electron chi connectivity index (χ0n) is 12.6. The monoisotopic (exact) mass is 325 g/mol. The zero-order chi connectivity index (χ0) is 15.6. The molecule has 122 valence electrons. The van der Waals surface area contributed by atoms with Crippen LogP contribution in [0.5, 0.6) is 5.75 Å². The number of ether oxygens (including phenoxy) is 1. The number of hydrogen-bond acceptors (Lipinski definition) is 5. The average molecular weight is 325 g/mol. The maximum Gasteiger partial charge on any atom is 0.238 e. The van der Waals surface area contributed by atoms with Crippen molar-refractivity contribution >= 4 is 10.0 Å². The number of fused-ring (bicyclic) bond motifs is 2. The van der Waals surface area contributed by atoms with Crippen molar-refractivity contribution < 1.29 is 13.2 Å². The van der Waals surface area contributed by atoms with Gasteiger partial charge in [-0.1, -0.05) is 0 Å². The molecule has 2 saturated heterocycles. The van der Waals surface area contributed by atoms with E-state index in [1.54, 1.807) is 12.1 Å². The lowest BCUT2D eigenvalue weighted by atomic mass is 10.1. The fraction of sp³-hybridized carbons (Fsp3) is 0.600. The highest BCUT2D eigenvalue weighted by Gasteiger charge is 2.28. The number of rotatable bonds is 5. The van der Waals surface area contributed by atoms with Gasteiger partial charge in [0.15, 0.2) is 0 Å². The van der Waals surface area contributed by atoms with Gasteiger partial charge in [-0.3, -0.25) is 4.90 Å². The first-order chi connectivity index (χ1) is 10.5. The van der Waals surface area contributed by atoms with E-state index in [9.17, 15) is 8.42 Å². The van der Waals surface area contributed by atoms with Crippen molar-refractivity contribution in [3.05, 3.63) is 24.3 Å². The molecule has 2 fully saturated rings. The minimum Gasteiger partial charge on any atom is -0.492 e. The van der Waals surface area contributed by atoms with Crippen LogP contribution in [0, 0.1) is 0 Å². The van der Waals surface area contributed by atoms with Crippen LogP contribution in [-0.2, 0) is 10.0 Å². The molecule has 1 aromatic rings. The highest BCUT2D eigenvalue weighted by molar-refractivity contribution is 7.89. The number of nitrogens with zero attached hydrogens (tertiary/aromatic N) is 1. The Bertz CT molecular complexity index is 603. The van der Waals surface area contributed by atoms with E-state index < -0.39 is 10.0 Å². The Hall–Kier alpha value is -1.15. The molecular weight excluding hydrogens is 302 g/mol. The van der Waals surface area contributed by atoms with Crippen molar-refractivity contribution in [3.8, 4) is 5.75 Å². The quantitative estimate of drug-likeness (QED) is 0.825. The Morgan fingerprint density at radius 1 is 1.18 bits per heavy atom. The molecule has 22 heavy (non-hydrogen) atoms. The molecular formula is C15H23N3O3S. The van der Waals surface area contributed by atoms with Crippen LogP contribution in [0.25, 0.3) is 0 Å². The molecule has 2 unspecified atom stereocenters. The molecule has 0 aliphatic carbocycles. The Morgan fingerprint density at radius 3 is 2.64 bits per heavy atom. The van der Waals surface area contributed by atoms with Gasteiger partial charge in [0.2, 0.25) is 10.0 Å². The molecule has 0 spiro atoms. The molecule has 2 atom stereocenters. The summed E-state index contributed by atoms with van der Waals surface area (Å²) in [6.45, 7) is 3.69. The van der Waals surface area contributed by atoms with Crippen molar-refractivity contribution in [3.63, 3.8) is 0 Å². The van der Waals surface area contributed by atoms with Crippen molar-refractivity contribution in [2.24, 2.45) is 5.14 Å². The van der Waals surface area contributed by atoms with Gasteiger partial charge in [0.05, 0.1) is 4.90 Å². The smallest absolute Gasteiger partial charge is 0.238 e. The third kappa shape index (κ3) is 3.98. The number of primary sulfonamides is 1. The minimum atomic E-state index is -3.64. The lowest BCUT2D eigenvalue weighted by Gasteiger charge is -2.23. The first kappa shape index (κ1) is 15.7. The molecule has 7 heteroatoms. The third-order valence-corrected chi connectivity index (χ3v) is 5.37. The van der Waals surface area contributed by atoms with E-state index in [4.69, 9.17) is 9.88 Å². The highest BCUT2D eigenvalue weighted by Crippen LogP contribution is 2.20. The summed E-state index contributed by atoms with van der Waals surface area (Å²) in [4.78, 5) is 2.55. The van der Waals surface area contributed by atoms with Crippen LogP contribution >= 0.6 is 0 Å². The maximum atomic E-state index is 11.2. The summed E-state index contributed by atoms with van der Waals surface area (Å²) in [7, 11) is -3.64. The van der Waals surface area contributed by atoms with Crippen LogP contribution in [0.15, 0.2) is 29.2 Å². The lowest BCUT2D eigenvalue weighted by Crippen LogP contribution is -2.37. The van der Waals surface area contributed by atoms with Gasteiger partial charge in [-0.2, -0.15) is 0 Å². The molecule has 2 bridgehead atoms. The predicted octanol–water partition coefficient (Wildman–Crippen LogP) is 0.539. The van der Waals surface area contributed by atoms with E-state index in [0.717, 1.165) is 19.6 Å². The molecule has 2 aliphatic heterocycles. The van der Waals surface area contributed by atoms with Gasteiger partial charge in [-0.25, -0.2) is 13.6 Å². The summed E-state index contributed by atoms with van der Waals surface area (Å²) in [6, 6.07) is 7.55. The molecule has 0 saturated carbocycles. The first-order valence-electron chi connectivity index (χ1n) is 7.75. The Balaban J connectivity index is 1.47. The summed E-state index contributed by atoms with van der Waals surface area (Å²) in [5, 5.41) is 8.73. The fourth-order valence-electron chi connectivity index (χ4n) is 3.24. The van der Waals surface area contributed by atoms with Crippen molar-refractivity contribution in [2.45, 2.75) is 36.2 Å². The van der Waals surface area contributed by atoms with Gasteiger partial charge in [-0.15, -0.1) is 0 Å². The molecule has 0 radical (unpaired) electrons. The first-order valence-corrected chi connectivity index (χ1v) is 9.29. The van der Waals surface area contributed by atoms with Gasteiger partial charge < -0.3 is 10.1 Å². The largest absolute Gasteiger partial charge is 0.492 e. The second-order valence-electron chi connectivity index (χ2n) is 6.09. The van der Waals surface area contributed by atoms with Crippen LogP contribution in [-0.4, -0.2) is 51.6 Å². The standard InChI is InChI=1S/C15H23N3O3S/c16-22(19,20)15-5-3-14(4-6-15)21-10-9-18-8-7-12-1-2-13(11-18)17-12/h3-6,12-13,17H,1-2,7-11H2,(H2,16,19,20). The SMILES string of the molecule is NS(=O)(=O)c1ccc(OCCN2CCC3CCC(C2)N3)cc1. The number of benzene rings is 1. The van der Waals surface area contributed by atoms with Gasteiger partial charge in [0, 0.05) is 25.2 Å². The van der Waals surface area contributed by atoms with E-state index in [1.807, 2.05) is 0 Å². The summed E-state index contributed by atoms with van der Waals surface area (Å²) in [5.74, 6) is 0.668. The topological polar surface area (TPSA) is 84.7 Å². The van der Waals surface area contributed by atoms with Crippen LogP contribution in [0.3, 0.4) is 0 Å². The number of hydrogen-bond donors (Lipinski definition) is 2. The van der Waals surface area contributed by atoms with Crippen molar-refractivity contribution in [1.29, 1.82) is 0 Å². The molecule has 3 N–H and O–H groups in total. The second-order valence-corrected chi connectivity index (χ2v) is 7.65. The Morgan fingerprint density at radius 2 is 1.91 bits per heavy atom. The van der Waals surface area contributed by atoms with Gasteiger partial charge in [-0.05, 0) is 50.1 Å². The van der Waals surface area contributed by atoms with Gasteiger partial charge >= 0.3 is 0 Å². The molecule has 2 aliphatic rings. The van der Waals surface area contributed by atoms with Crippen molar-refractivity contribution in [1.82, 2.24) is 10.2 Å². The van der Waals surface area contributed by atoms with Crippen LogP contribution in [0.2, 0.25) is 0 Å². The maximum absolute atomic E-state index is 11.2. The summed E-state index contributed by atoms with van der Waals surface area (Å²) >= 11 is 0. The third-order valence-electron chi connectivity index (χ3n) is 4.44. The highest BCUT2D eigenvalue weighted by atomic mass is 32.2. The lowest BCUT2D eigenvalue weighted by molar-refractivity contribution is 0.201. The molecule has 3 rings (SSSR count). The van der Waals surface area contributed by atoms with E-state index in [1.165, 1.54) is 31.4 Å². The second kappa shape index (κ2) is 6.54. The summed E-state index contributed by atoms with van der Waals surface area (Å²) in [6.07, 6.45) is 3.79. The Kier molecular flexibility index (Phi) is 4.67. The van der Waals surface area contributed by atoms with Crippen LogP contribution < -0.4 is 15.2 Å². The van der Waals surface area contributed by atoms with Crippen LogP contribution in [0.4, 0.5) is 0 Å². The van der Waals surface area contributed by atoms with E-state index in [0.29, 0.717) is 24.4 Å². The molecule has 0 amide bonds. The van der Waals surface area contributed by atoms with Crippen molar-refractivity contribution in [2.75, 3.05) is 26.2 Å². The molecule has 0 aromatic heterocycles. The normalized spacial score (nSPS) is 25.9. The number of likely N-dealkylation sites (tertiary alicyclic amines) is 1. The van der Waals surface area contributed by atoms with Crippen LogP contribution in [0.1, 0.15) is 19.3 Å². The number of nitrogens with one attached hydrogen (secondary N) is 1. The predicted molar refractivity (Wildman–Crippen MR) is 84.3 cm³/mol. The Labute approximate surface area is 131 Å². The minimum absolute atomic E-state index is 0.106. The number of sulfonamides is 1. The summed E-state index contributed by atoms with van der Waals surface area (Å²) in [5.41, 5.74) is 0. The van der Waals surface area contributed by atoms with E-state index in [-0.39, 0.29) is 4.90 Å². The molecule has 1 aromatic carbocycles. The van der Waals surface area contributed by atoms with E-state index >= 15 is 0 Å². The molecule has 2 heterocycles. The fourth-order valence-corrected chi connectivity index (χ4v) is 3.75. The van der Waals surface area contributed by atoms with Gasteiger partial charge in [0.25, 0.3) is 0 Å².